The molecule has 88 valence electrons. The zero-order valence-corrected chi connectivity index (χ0v) is 9.78. The number of fused-ring (bicyclic) bond motifs is 1. The normalized spacial score (nSPS) is 40.6. The second kappa shape index (κ2) is 4.81. The number of rotatable bonds is 2. The van der Waals surface area contributed by atoms with Crippen molar-refractivity contribution in [2.45, 2.75) is 57.2 Å². The van der Waals surface area contributed by atoms with Gasteiger partial charge in [-0.15, -0.1) is 0 Å². The van der Waals surface area contributed by atoms with Crippen molar-refractivity contribution in [3.8, 4) is 0 Å². The average molecular weight is 211 g/mol. The molecule has 0 aromatic rings. The smallest absolute Gasteiger partial charge is 0.0218 e. The summed E-state index contributed by atoms with van der Waals surface area (Å²) in [7, 11) is 0. The van der Waals surface area contributed by atoms with Crippen molar-refractivity contribution in [3.63, 3.8) is 0 Å². The van der Waals surface area contributed by atoms with Crippen LogP contribution in [0.3, 0.4) is 0 Å². The largest absolute Gasteiger partial charge is 0.327 e. The summed E-state index contributed by atoms with van der Waals surface area (Å²) in [5, 5.41) is 3.64. The third-order valence-corrected chi connectivity index (χ3v) is 4.33. The van der Waals surface area contributed by atoms with Gasteiger partial charge in [-0.2, -0.15) is 0 Å². The lowest BCUT2D eigenvalue weighted by Crippen LogP contribution is -2.51. The van der Waals surface area contributed by atoms with E-state index in [0.29, 0.717) is 5.92 Å². The molecule has 2 fully saturated rings. The van der Waals surface area contributed by atoms with Crippen molar-refractivity contribution in [2.75, 3.05) is 6.54 Å². The third kappa shape index (κ3) is 2.52. The second-order valence-electron chi connectivity index (χ2n) is 5.47. The molecule has 2 rings (SSSR count). The highest BCUT2D eigenvalue weighted by Gasteiger charge is 2.34. The summed E-state index contributed by atoms with van der Waals surface area (Å²) in [4.78, 5) is 0. The molecule has 5 N–H and O–H groups in total. The van der Waals surface area contributed by atoms with Gasteiger partial charge >= 0.3 is 0 Å². The Morgan fingerprint density at radius 3 is 2.73 bits per heavy atom. The van der Waals surface area contributed by atoms with E-state index < -0.39 is 0 Å². The Hall–Kier alpha value is -0.120. The quantitative estimate of drug-likeness (QED) is 0.634. The molecule has 1 aliphatic heterocycles. The van der Waals surface area contributed by atoms with E-state index in [4.69, 9.17) is 11.5 Å². The van der Waals surface area contributed by atoms with Gasteiger partial charge in [0, 0.05) is 18.1 Å². The highest BCUT2D eigenvalue weighted by atomic mass is 14.9. The lowest BCUT2D eigenvalue weighted by atomic mass is 9.71. The lowest BCUT2D eigenvalue weighted by molar-refractivity contribution is 0.144. The van der Waals surface area contributed by atoms with Crippen LogP contribution in [-0.2, 0) is 0 Å². The first kappa shape index (κ1) is 11.4. The van der Waals surface area contributed by atoms with Crippen LogP contribution >= 0.6 is 0 Å². The maximum atomic E-state index is 6.17. The van der Waals surface area contributed by atoms with Crippen molar-refractivity contribution < 1.29 is 0 Å². The molecule has 1 saturated heterocycles. The van der Waals surface area contributed by atoms with Crippen LogP contribution in [0.1, 0.15) is 39.0 Å². The maximum Gasteiger partial charge on any atom is 0.0218 e. The van der Waals surface area contributed by atoms with Gasteiger partial charge in [0.2, 0.25) is 0 Å². The standard InChI is InChI=1S/C12H25N3/c1-8(13)12(14)10-4-5-11-9(7-10)3-2-6-15-11/h8-12,15H,2-7,13-14H2,1H3. The Bertz CT molecular complexity index is 205. The predicted octanol–water partition coefficient (Wildman–Crippen LogP) is 0.829. The second-order valence-corrected chi connectivity index (χ2v) is 5.47. The molecular formula is C12H25N3. The molecule has 0 aromatic heterocycles. The number of piperidine rings is 1. The van der Waals surface area contributed by atoms with E-state index >= 15 is 0 Å². The van der Waals surface area contributed by atoms with Crippen LogP contribution in [0.15, 0.2) is 0 Å². The Balaban J connectivity index is 1.90. The van der Waals surface area contributed by atoms with E-state index in [1.54, 1.807) is 0 Å². The summed E-state index contributed by atoms with van der Waals surface area (Å²) < 4.78 is 0. The van der Waals surface area contributed by atoms with Gasteiger partial charge < -0.3 is 16.8 Å². The van der Waals surface area contributed by atoms with Crippen LogP contribution in [0.25, 0.3) is 0 Å². The highest BCUT2D eigenvalue weighted by molar-refractivity contribution is 4.92. The van der Waals surface area contributed by atoms with Crippen LogP contribution in [0.4, 0.5) is 0 Å². The average Bonchev–Trinajstić information content (AvgIpc) is 2.27. The van der Waals surface area contributed by atoms with E-state index in [0.717, 1.165) is 12.0 Å². The minimum Gasteiger partial charge on any atom is -0.327 e. The van der Waals surface area contributed by atoms with Crippen LogP contribution in [0, 0.1) is 11.8 Å². The molecule has 0 amide bonds. The van der Waals surface area contributed by atoms with Crippen molar-refractivity contribution in [2.24, 2.45) is 23.3 Å². The summed E-state index contributed by atoms with van der Waals surface area (Å²) in [5.74, 6) is 1.52. The number of nitrogens with two attached hydrogens (primary N) is 2. The Morgan fingerprint density at radius 1 is 1.20 bits per heavy atom. The third-order valence-electron chi connectivity index (χ3n) is 4.33. The summed E-state index contributed by atoms with van der Waals surface area (Å²) in [6.07, 6.45) is 6.58. The molecule has 0 bridgehead atoms. The van der Waals surface area contributed by atoms with E-state index in [1.165, 1.54) is 38.6 Å². The van der Waals surface area contributed by atoms with Gasteiger partial charge in [0.05, 0.1) is 0 Å². The number of hydrogen-bond donors (Lipinski definition) is 3. The van der Waals surface area contributed by atoms with Gasteiger partial charge in [-0.05, 0) is 57.4 Å². The van der Waals surface area contributed by atoms with Crippen molar-refractivity contribution >= 4 is 0 Å². The highest BCUT2D eigenvalue weighted by Crippen LogP contribution is 2.35. The fraction of sp³-hybridized carbons (Fsp3) is 1.00. The molecule has 1 aliphatic carbocycles. The Labute approximate surface area is 93.0 Å². The molecule has 0 radical (unpaired) electrons. The van der Waals surface area contributed by atoms with Gasteiger partial charge in [0.15, 0.2) is 0 Å². The van der Waals surface area contributed by atoms with Crippen molar-refractivity contribution in [3.05, 3.63) is 0 Å². The SMILES string of the molecule is CC(N)C(N)C1CCC2NCCCC2C1. The Kier molecular flexibility index (Phi) is 3.65. The van der Waals surface area contributed by atoms with E-state index in [2.05, 4.69) is 5.32 Å². The number of hydrogen-bond acceptors (Lipinski definition) is 3. The fourth-order valence-electron chi connectivity index (χ4n) is 3.32. The Morgan fingerprint density at radius 2 is 2.00 bits per heavy atom. The molecule has 0 spiro atoms. The van der Waals surface area contributed by atoms with Gasteiger partial charge in [-0.25, -0.2) is 0 Å². The molecular weight excluding hydrogens is 186 g/mol. The minimum atomic E-state index is 0.142. The molecule has 5 atom stereocenters. The molecule has 15 heavy (non-hydrogen) atoms. The van der Waals surface area contributed by atoms with Crippen LogP contribution in [-0.4, -0.2) is 24.7 Å². The minimum absolute atomic E-state index is 0.142. The maximum absolute atomic E-state index is 6.17. The van der Waals surface area contributed by atoms with Gasteiger partial charge in [-0.1, -0.05) is 0 Å². The van der Waals surface area contributed by atoms with Crippen LogP contribution in [0.5, 0.6) is 0 Å². The molecule has 1 saturated carbocycles. The van der Waals surface area contributed by atoms with E-state index in [-0.39, 0.29) is 12.1 Å². The topological polar surface area (TPSA) is 64.1 Å². The van der Waals surface area contributed by atoms with E-state index in [9.17, 15) is 0 Å². The lowest BCUT2D eigenvalue weighted by Gasteiger charge is -2.42. The summed E-state index contributed by atoms with van der Waals surface area (Å²) >= 11 is 0. The van der Waals surface area contributed by atoms with Gasteiger partial charge in [0.25, 0.3) is 0 Å². The monoisotopic (exact) mass is 211 g/mol. The molecule has 2 aliphatic rings. The first-order valence-corrected chi connectivity index (χ1v) is 6.43. The molecule has 3 nitrogen and oxygen atoms in total. The zero-order chi connectivity index (χ0) is 10.8. The predicted molar refractivity (Wildman–Crippen MR) is 63.5 cm³/mol. The number of nitrogens with one attached hydrogen (secondary N) is 1. The molecule has 0 aromatic carbocycles. The van der Waals surface area contributed by atoms with Crippen LogP contribution in [0.2, 0.25) is 0 Å². The van der Waals surface area contributed by atoms with Gasteiger partial charge in [0.1, 0.15) is 0 Å². The molecule has 1 heterocycles. The van der Waals surface area contributed by atoms with E-state index in [1.807, 2.05) is 6.92 Å². The summed E-state index contributed by atoms with van der Waals surface area (Å²) in [6, 6.07) is 1.12. The fourth-order valence-corrected chi connectivity index (χ4v) is 3.32. The van der Waals surface area contributed by atoms with Crippen molar-refractivity contribution in [1.29, 1.82) is 0 Å². The first-order chi connectivity index (χ1) is 7.18. The molecule has 3 heteroatoms. The van der Waals surface area contributed by atoms with Gasteiger partial charge in [-0.3, -0.25) is 0 Å². The van der Waals surface area contributed by atoms with Crippen LogP contribution < -0.4 is 16.8 Å². The zero-order valence-electron chi connectivity index (χ0n) is 9.78. The summed E-state index contributed by atoms with van der Waals surface area (Å²) in [6.45, 7) is 3.25. The summed E-state index contributed by atoms with van der Waals surface area (Å²) in [5.41, 5.74) is 12.1. The first-order valence-electron chi connectivity index (χ1n) is 6.43. The van der Waals surface area contributed by atoms with Crippen molar-refractivity contribution in [1.82, 2.24) is 5.32 Å². The molecule has 5 unspecified atom stereocenters.